The van der Waals surface area contributed by atoms with Gasteiger partial charge in [-0.1, -0.05) is 41.3 Å². The van der Waals surface area contributed by atoms with Gasteiger partial charge in [0.05, 0.1) is 16.8 Å². The zero-order chi connectivity index (χ0) is 22.0. The molecule has 1 aliphatic carbocycles. The van der Waals surface area contributed by atoms with E-state index in [1.165, 1.54) is 18.3 Å². The highest BCUT2D eigenvalue weighted by Crippen LogP contribution is 2.34. The van der Waals surface area contributed by atoms with Gasteiger partial charge in [0.15, 0.2) is 0 Å². The predicted molar refractivity (Wildman–Crippen MR) is 123 cm³/mol. The molecule has 0 bridgehead atoms. The first kappa shape index (κ1) is 21.7. The number of carboxylic acid groups (broad SMARTS) is 1. The van der Waals surface area contributed by atoms with Crippen molar-refractivity contribution in [3.05, 3.63) is 58.7 Å². The maximum absolute atomic E-state index is 13.3. The first-order valence-corrected chi connectivity index (χ1v) is 12.3. The average Bonchev–Trinajstić information content (AvgIpc) is 2.74. The molecule has 2 aromatic carbocycles. The van der Waals surface area contributed by atoms with Crippen molar-refractivity contribution < 1.29 is 18.3 Å². The van der Waals surface area contributed by atoms with Crippen LogP contribution in [0.25, 0.3) is 10.9 Å². The molecule has 1 heterocycles. The molecular formula is C22H22BrN3O4S. The lowest BCUT2D eigenvalue weighted by molar-refractivity contribution is 0.0697. The largest absolute Gasteiger partial charge is 0.478 e. The topological polar surface area (TPSA) is 108 Å². The average molecular weight is 504 g/mol. The number of benzene rings is 2. The van der Waals surface area contributed by atoms with Gasteiger partial charge in [0.1, 0.15) is 4.90 Å². The first-order chi connectivity index (χ1) is 14.8. The van der Waals surface area contributed by atoms with Crippen LogP contribution in [-0.4, -0.2) is 30.5 Å². The number of anilines is 2. The number of nitrogens with one attached hydrogen (secondary N) is 2. The van der Waals surface area contributed by atoms with Gasteiger partial charge in [0.2, 0.25) is 10.0 Å². The van der Waals surface area contributed by atoms with Gasteiger partial charge in [-0.15, -0.1) is 0 Å². The molecule has 162 valence electrons. The van der Waals surface area contributed by atoms with Gasteiger partial charge in [0, 0.05) is 27.8 Å². The van der Waals surface area contributed by atoms with Crippen LogP contribution >= 0.6 is 15.9 Å². The number of hydrogen-bond donors (Lipinski definition) is 3. The van der Waals surface area contributed by atoms with Crippen LogP contribution in [0.4, 0.5) is 11.4 Å². The molecule has 0 saturated heterocycles. The quantitative estimate of drug-likeness (QED) is 0.434. The van der Waals surface area contributed by atoms with Crippen molar-refractivity contribution in [3.63, 3.8) is 0 Å². The SMILES string of the molecule is O=C(O)c1cccc(Nc2c(S(=O)(=O)NC3CCCCC3)cnc3cc(Br)ccc23)c1. The van der Waals surface area contributed by atoms with E-state index in [9.17, 15) is 18.3 Å². The summed E-state index contributed by atoms with van der Waals surface area (Å²) in [4.78, 5) is 15.8. The summed E-state index contributed by atoms with van der Waals surface area (Å²) in [5.74, 6) is -1.06. The minimum atomic E-state index is -3.84. The van der Waals surface area contributed by atoms with Gasteiger partial charge < -0.3 is 10.4 Å². The van der Waals surface area contributed by atoms with E-state index in [0.717, 1.165) is 36.6 Å². The van der Waals surface area contributed by atoms with Crippen molar-refractivity contribution in [2.75, 3.05) is 5.32 Å². The lowest BCUT2D eigenvalue weighted by Crippen LogP contribution is -2.36. The number of fused-ring (bicyclic) bond motifs is 1. The maximum Gasteiger partial charge on any atom is 0.335 e. The smallest absolute Gasteiger partial charge is 0.335 e. The number of nitrogens with zero attached hydrogens (tertiary/aromatic N) is 1. The van der Waals surface area contributed by atoms with E-state index in [-0.39, 0.29) is 16.5 Å². The van der Waals surface area contributed by atoms with Crippen LogP contribution in [0.2, 0.25) is 0 Å². The van der Waals surface area contributed by atoms with E-state index in [1.54, 1.807) is 24.3 Å². The summed E-state index contributed by atoms with van der Waals surface area (Å²) >= 11 is 3.42. The van der Waals surface area contributed by atoms with Crippen LogP contribution in [0.3, 0.4) is 0 Å². The summed E-state index contributed by atoms with van der Waals surface area (Å²) in [6, 6.07) is 11.6. The van der Waals surface area contributed by atoms with Gasteiger partial charge in [-0.3, -0.25) is 4.98 Å². The second-order valence-electron chi connectivity index (χ2n) is 7.63. The van der Waals surface area contributed by atoms with E-state index in [4.69, 9.17) is 0 Å². The molecule has 7 nitrogen and oxygen atoms in total. The van der Waals surface area contributed by atoms with E-state index in [1.807, 2.05) is 6.07 Å². The van der Waals surface area contributed by atoms with Crippen LogP contribution in [0.15, 0.2) is 58.0 Å². The Morgan fingerprint density at radius 2 is 1.87 bits per heavy atom. The molecule has 1 aliphatic rings. The summed E-state index contributed by atoms with van der Waals surface area (Å²) in [6.45, 7) is 0. The minimum absolute atomic E-state index is 0.0358. The molecule has 4 rings (SSSR count). The van der Waals surface area contributed by atoms with Gasteiger partial charge in [-0.25, -0.2) is 17.9 Å². The van der Waals surface area contributed by atoms with Crippen LogP contribution in [0.1, 0.15) is 42.5 Å². The maximum atomic E-state index is 13.3. The number of carbonyl (C=O) groups is 1. The lowest BCUT2D eigenvalue weighted by atomic mass is 9.96. The fourth-order valence-electron chi connectivity index (χ4n) is 3.86. The number of halogens is 1. The highest BCUT2D eigenvalue weighted by Gasteiger charge is 2.26. The molecule has 0 aliphatic heterocycles. The number of hydrogen-bond acceptors (Lipinski definition) is 5. The normalized spacial score (nSPS) is 15.1. The highest BCUT2D eigenvalue weighted by atomic mass is 79.9. The number of aromatic carboxylic acids is 1. The second-order valence-corrected chi connectivity index (χ2v) is 10.2. The monoisotopic (exact) mass is 503 g/mol. The molecule has 1 aromatic heterocycles. The third-order valence-corrected chi connectivity index (χ3v) is 7.42. The lowest BCUT2D eigenvalue weighted by Gasteiger charge is -2.23. The summed E-state index contributed by atoms with van der Waals surface area (Å²) in [5, 5.41) is 13.1. The molecule has 0 spiro atoms. The summed E-state index contributed by atoms with van der Waals surface area (Å²) in [5.41, 5.74) is 1.56. The number of sulfonamides is 1. The van der Waals surface area contributed by atoms with Crippen molar-refractivity contribution in [2.24, 2.45) is 0 Å². The molecule has 0 radical (unpaired) electrons. The Labute approximate surface area is 189 Å². The molecule has 0 atom stereocenters. The molecule has 3 aromatic rings. The van der Waals surface area contributed by atoms with Crippen molar-refractivity contribution in [3.8, 4) is 0 Å². The second kappa shape index (κ2) is 8.94. The van der Waals surface area contributed by atoms with Crippen LogP contribution < -0.4 is 10.0 Å². The molecule has 1 saturated carbocycles. The molecule has 9 heteroatoms. The zero-order valence-electron chi connectivity index (χ0n) is 16.6. The van der Waals surface area contributed by atoms with Gasteiger partial charge in [-0.2, -0.15) is 0 Å². The first-order valence-electron chi connectivity index (χ1n) is 10.0. The fraction of sp³-hybridized carbons (Fsp3) is 0.273. The zero-order valence-corrected chi connectivity index (χ0v) is 19.0. The molecular weight excluding hydrogens is 482 g/mol. The number of rotatable bonds is 6. The molecule has 31 heavy (non-hydrogen) atoms. The van der Waals surface area contributed by atoms with Crippen molar-refractivity contribution in [1.29, 1.82) is 0 Å². The minimum Gasteiger partial charge on any atom is -0.478 e. The standard InChI is InChI=1S/C22H22BrN3O4S/c23-15-9-10-18-19(12-15)24-13-20(31(29,30)26-16-6-2-1-3-7-16)21(18)25-17-8-4-5-14(11-17)22(27)28/h4-5,8-13,16,26H,1-3,6-7H2,(H,24,25)(H,27,28). The Morgan fingerprint density at radius 3 is 2.61 bits per heavy atom. The molecule has 1 fully saturated rings. The summed E-state index contributed by atoms with van der Waals surface area (Å²) in [7, 11) is -3.84. The Kier molecular flexibility index (Phi) is 6.27. The predicted octanol–water partition coefficient (Wildman–Crippen LogP) is 5.05. The fourth-order valence-corrected chi connectivity index (χ4v) is 5.63. The van der Waals surface area contributed by atoms with Gasteiger partial charge >= 0.3 is 5.97 Å². The van der Waals surface area contributed by atoms with E-state index in [2.05, 4.69) is 31.0 Å². The number of carboxylic acids is 1. The highest BCUT2D eigenvalue weighted by molar-refractivity contribution is 9.10. The Balaban J connectivity index is 1.80. The Morgan fingerprint density at radius 1 is 1.10 bits per heavy atom. The van der Waals surface area contributed by atoms with Gasteiger partial charge in [-0.05, 0) is 49.2 Å². The molecule has 0 unspecified atom stereocenters. The van der Waals surface area contributed by atoms with E-state index < -0.39 is 16.0 Å². The Bertz CT molecular complexity index is 1240. The van der Waals surface area contributed by atoms with Gasteiger partial charge in [0.25, 0.3) is 0 Å². The molecule has 3 N–H and O–H groups in total. The van der Waals surface area contributed by atoms with Crippen LogP contribution in [-0.2, 0) is 10.0 Å². The van der Waals surface area contributed by atoms with E-state index >= 15 is 0 Å². The number of aromatic nitrogens is 1. The molecule has 0 amide bonds. The summed E-state index contributed by atoms with van der Waals surface area (Å²) < 4.78 is 30.3. The van der Waals surface area contributed by atoms with Crippen LogP contribution in [0, 0.1) is 0 Å². The van der Waals surface area contributed by atoms with Crippen molar-refractivity contribution in [2.45, 2.75) is 43.0 Å². The van der Waals surface area contributed by atoms with Crippen LogP contribution in [0.5, 0.6) is 0 Å². The third kappa shape index (κ3) is 4.89. The summed E-state index contributed by atoms with van der Waals surface area (Å²) in [6.07, 6.45) is 6.11. The number of pyridine rings is 1. The van der Waals surface area contributed by atoms with Crippen molar-refractivity contribution in [1.82, 2.24) is 9.71 Å². The Hall–Kier alpha value is -2.49. The van der Waals surface area contributed by atoms with Crippen molar-refractivity contribution >= 4 is 54.2 Å². The third-order valence-electron chi connectivity index (χ3n) is 5.39. The van der Waals surface area contributed by atoms with E-state index in [0.29, 0.717) is 22.3 Å².